The number of hydrogen-bond donors (Lipinski definition) is 2. The van der Waals surface area contributed by atoms with Gasteiger partial charge in [-0.1, -0.05) is 41.4 Å². The zero-order valence-corrected chi connectivity index (χ0v) is 14.9. The van der Waals surface area contributed by atoms with Gasteiger partial charge in [0.2, 0.25) is 5.91 Å². The molecular formula is C16H18Cl2N4O2. The van der Waals surface area contributed by atoms with E-state index in [1.165, 1.54) is 6.92 Å². The topological polar surface area (TPSA) is 76.0 Å². The van der Waals surface area contributed by atoms with Crippen LogP contribution in [0.3, 0.4) is 0 Å². The molecule has 0 aliphatic carbocycles. The fourth-order valence-corrected chi connectivity index (χ4v) is 2.72. The SMILES string of the molecule is CC(=O)NCCNC(=O)c1c(C)nn(Cc2ccccc2Cl)c1Cl. The Morgan fingerprint density at radius 1 is 1.17 bits per heavy atom. The highest BCUT2D eigenvalue weighted by Crippen LogP contribution is 2.23. The van der Waals surface area contributed by atoms with Crippen LogP contribution in [0.25, 0.3) is 0 Å². The number of aromatic nitrogens is 2. The molecule has 2 aromatic rings. The van der Waals surface area contributed by atoms with Crippen molar-refractivity contribution >= 4 is 35.0 Å². The second kappa shape index (κ2) is 8.17. The first-order valence-corrected chi connectivity index (χ1v) is 8.14. The normalized spacial score (nSPS) is 10.5. The molecule has 0 radical (unpaired) electrons. The van der Waals surface area contributed by atoms with Crippen molar-refractivity contribution in [2.24, 2.45) is 0 Å². The van der Waals surface area contributed by atoms with Crippen molar-refractivity contribution in [1.29, 1.82) is 0 Å². The Kier molecular flexibility index (Phi) is 6.23. The molecule has 0 unspecified atom stereocenters. The van der Waals surface area contributed by atoms with Crippen molar-refractivity contribution in [1.82, 2.24) is 20.4 Å². The zero-order chi connectivity index (χ0) is 17.7. The van der Waals surface area contributed by atoms with E-state index >= 15 is 0 Å². The Balaban J connectivity index is 2.09. The first kappa shape index (κ1) is 18.3. The van der Waals surface area contributed by atoms with E-state index in [4.69, 9.17) is 23.2 Å². The van der Waals surface area contributed by atoms with Gasteiger partial charge in [0, 0.05) is 25.0 Å². The highest BCUT2D eigenvalue weighted by molar-refractivity contribution is 6.33. The third-order valence-corrected chi connectivity index (χ3v) is 4.11. The molecule has 0 aliphatic rings. The number of rotatable bonds is 6. The van der Waals surface area contributed by atoms with Gasteiger partial charge >= 0.3 is 0 Å². The molecule has 0 aliphatic heterocycles. The summed E-state index contributed by atoms with van der Waals surface area (Å²) in [6.45, 7) is 4.17. The molecule has 2 N–H and O–H groups in total. The fourth-order valence-electron chi connectivity index (χ4n) is 2.21. The lowest BCUT2D eigenvalue weighted by Gasteiger charge is -2.07. The number of aryl methyl sites for hydroxylation is 1. The van der Waals surface area contributed by atoms with Gasteiger partial charge in [0.15, 0.2) is 0 Å². The Hall–Kier alpha value is -2.05. The summed E-state index contributed by atoms with van der Waals surface area (Å²) in [4.78, 5) is 23.1. The lowest BCUT2D eigenvalue weighted by Crippen LogP contribution is -2.33. The number of halogens is 2. The highest BCUT2D eigenvalue weighted by atomic mass is 35.5. The maximum atomic E-state index is 12.3. The summed E-state index contributed by atoms with van der Waals surface area (Å²) in [6.07, 6.45) is 0. The summed E-state index contributed by atoms with van der Waals surface area (Å²) in [5, 5.41) is 10.5. The Bertz CT molecular complexity index is 759. The minimum Gasteiger partial charge on any atom is -0.355 e. The molecule has 8 heteroatoms. The van der Waals surface area contributed by atoms with Gasteiger partial charge in [0.05, 0.1) is 17.8 Å². The van der Waals surface area contributed by atoms with Gasteiger partial charge in [0.25, 0.3) is 5.91 Å². The maximum absolute atomic E-state index is 12.3. The van der Waals surface area contributed by atoms with E-state index in [9.17, 15) is 9.59 Å². The molecule has 6 nitrogen and oxygen atoms in total. The summed E-state index contributed by atoms with van der Waals surface area (Å²) >= 11 is 12.5. The minimum atomic E-state index is -0.326. The summed E-state index contributed by atoms with van der Waals surface area (Å²) in [5.41, 5.74) is 1.72. The van der Waals surface area contributed by atoms with Crippen LogP contribution in [-0.4, -0.2) is 34.7 Å². The van der Waals surface area contributed by atoms with Crippen LogP contribution in [0.2, 0.25) is 10.2 Å². The minimum absolute atomic E-state index is 0.147. The summed E-state index contributed by atoms with van der Waals surface area (Å²) in [6, 6.07) is 7.39. The lowest BCUT2D eigenvalue weighted by atomic mass is 10.2. The van der Waals surface area contributed by atoms with Crippen LogP contribution in [-0.2, 0) is 11.3 Å². The average Bonchev–Trinajstić information content (AvgIpc) is 2.80. The Morgan fingerprint density at radius 3 is 2.50 bits per heavy atom. The van der Waals surface area contributed by atoms with Crippen molar-refractivity contribution in [3.05, 3.63) is 51.3 Å². The van der Waals surface area contributed by atoms with Crippen LogP contribution in [0.5, 0.6) is 0 Å². The van der Waals surface area contributed by atoms with E-state index in [-0.39, 0.29) is 17.0 Å². The van der Waals surface area contributed by atoms with Crippen molar-refractivity contribution in [2.45, 2.75) is 20.4 Å². The second-order valence-corrected chi connectivity index (χ2v) is 6.00. The Morgan fingerprint density at radius 2 is 1.83 bits per heavy atom. The molecule has 0 fully saturated rings. The van der Waals surface area contributed by atoms with Gasteiger partial charge in [-0.25, -0.2) is 4.68 Å². The first-order chi connectivity index (χ1) is 11.4. The molecule has 0 bridgehead atoms. The zero-order valence-electron chi connectivity index (χ0n) is 13.4. The van der Waals surface area contributed by atoms with Crippen molar-refractivity contribution < 1.29 is 9.59 Å². The molecule has 1 aromatic heterocycles. The van der Waals surface area contributed by atoms with E-state index in [2.05, 4.69) is 15.7 Å². The van der Waals surface area contributed by atoms with Crippen molar-refractivity contribution in [2.75, 3.05) is 13.1 Å². The summed E-state index contributed by atoms with van der Waals surface area (Å²) < 4.78 is 1.54. The van der Waals surface area contributed by atoms with Gasteiger partial charge in [0.1, 0.15) is 5.15 Å². The van der Waals surface area contributed by atoms with Gasteiger partial charge in [-0.3, -0.25) is 9.59 Å². The van der Waals surface area contributed by atoms with E-state index < -0.39 is 0 Å². The third-order valence-electron chi connectivity index (χ3n) is 3.35. The van der Waals surface area contributed by atoms with E-state index in [0.29, 0.717) is 35.9 Å². The molecule has 1 heterocycles. The molecule has 24 heavy (non-hydrogen) atoms. The standard InChI is InChI=1S/C16H18Cl2N4O2/c1-10-14(16(24)20-8-7-19-11(2)23)15(18)22(21-10)9-12-5-3-4-6-13(12)17/h3-6H,7-9H2,1-2H3,(H,19,23)(H,20,24). The van der Waals surface area contributed by atoms with Crippen LogP contribution in [0.15, 0.2) is 24.3 Å². The molecule has 0 saturated heterocycles. The molecule has 2 rings (SSSR count). The largest absolute Gasteiger partial charge is 0.355 e. The van der Waals surface area contributed by atoms with Gasteiger partial charge in [-0.2, -0.15) is 5.10 Å². The number of benzene rings is 1. The summed E-state index contributed by atoms with van der Waals surface area (Å²) in [7, 11) is 0. The molecule has 128 valence electrons. The monoisotopic (exact) mass is 368 g/mol. The average molecular weight is 369 g/mol. The fraction of sp³-hybridized carbons (Fsp3) is 0.312. The van der Waals surface area contributed by atoms with Gasteiger partial charge in [-0.05, 0) is 18.6 Å². The van der Waals surface area contributed by atoms with E-state index in [1.54, 1.807) is 17.7 Å². The summed E-state index contributed by atoms with van der Waals surface area (Å²) in [5.74, 6) is -0.473. The number of carbonyl (C=O) groups is 2. The van der Waals surface area contributed by atoms with Crippen LogP contribution in [0, 0.1) is 6.92 Å². The van der Waals surface area contributed by atoms with Crippen LogP contribution in [0.4, 0.5) is 0 Å². The number of nitrogens with zero attached hydrogens (tertiary/aromatic N) is 2. The number of hydrogen-bond acceptors (Lipinski definition) is 3. The molecule has 0 spiro atoms. The smallest absolute Gasteiger partial charge is 0.256 e. The first-order valence-electron chi connectivity index (χ1n) is 7.39. The third kappa shape index (κ3) is 4.49. The van der Waals surface area contributed by atoms with E-state index in [1.807, 2.05) is 18.2 Å². The molecule has 0 atom stereocenters. The predicted octanol–water partition coefficient (Wildman–Crippen LogP) is 2.41. The quantitative estimate of drug-likeness (QED) is 0.768. The van der Waals surface area contributed by atoms with Crippen LogP contribution in [0.1, 0.15) is 28.5 Å². The second-order valence-electron chi connectivity index (χ2n) is 5.24. The van der Waals surface area contributed by atoms with Crippen molar-refractivity contribution in [3.63, 3.8) is 0 Å². The molecule has 1 aromatic carbocycles. The number of nitrogens with one attached hydrogen (secondary N) is 2. The van der Waals surface area contributed by atoms with E-state index in [0.717, 1.165) is 5.56 Å². The molecule has 2 amide bonds. The number of carbonyl (C=O) groups excluding carboxylic acids is 2. The van der Waals surface area contributed by atoms with Crippen molar-refractivity contribution in [3.8, 4) is 0 Å². The highest BCUT2D eigenvalue weighted by Gasteiger charge is 2.20. The van der Waals surface area contributed by atoms with Gasteiger partial charge in [-0.15, -0.1) is 0 Å². The van der Waals surface area contributed by atoms with Crippen LogP contribution < -0.4 is 10.6 Å². The Labute approximate surface area is 150 Å². The maximum Gasteiger partial charge on any atom is 0.256 e. The molecular weight excluding hydrogens is 351 g/mol. The lowest BCUT2D eigenvalue weighted by molar-refractivity contribution is -0.118. The predicted molar refractivity (Wildman–Crippen MR) is 93.5 cm³/mol. The van der Waals surface area contributed by atoms with Crippen LogP contribution >= 0.6 is 23.2 Å². The molecule has 0 saturated carbocycles. The van der Waals surface area contributed by atoms with Gasteiger partial charge < -0.3 is 10.6 Å². The number of amides is 2.